The van der Waals surface area contributed by atoms with Crippen molar-refractivity contribution in [2.75, 3.05) is 6.54 Å². The molecule has 6 aliphatic rings. The largest absolute Gasteiger partial charge is 0.313 e. The van der Waals surface area contributed by atoms with Crippen molar-refractivity contribution in [1.82, 2.24) is 5.32 Å². The second kappa shape index (κ2) is 2.03. The lowest BCUT2D eigenvalue weighted by Gasteiger charge is -2.40. The van der Waals surface area contributed by atoms with E-state index >= 15 is 0 Å². The molecule has 6 bridgehead atoms. The van der Waals surface area contributed by atoms with Gasteiger partial charge in [0.15, 0.2) is 0 Å². The SMILES string of the molecule is CCN[C@H]1[C@H]2C3C4C[C@H]2[C@H]2C4CC3C21C. The molecule has 0 amide bonds. The fourth-order valence-corrected chi connectivity index (χ4v) is 7.70. The lowest BCUT2D eigenvalue weighted by atomic mass is 9.64. The van der Waals surface area contributed by atoms with E-state index in [1.165, 1.54) is 24.3 Å². The molecule has 0 heterocycles. The molecule has 0 aromatic rings. The second-order valence-corrected chi connectivity index (χ2v) is 7.15. The second-order valence-electron chi connectivity index (χ2n) is 7.15. The third-order valence-electron chi connectivity index (χ3n) is 7.44. The van der Waals surface area contributed by atoms with Gasteiger partial charge in [-0.05, 0) is 66.2 Å². The summed E-state index contributed by atoms with van der Waals surface area (Å²) in [7, 11) is 0. The Bertz CT molecular complexity index is 351. The molecule has 15 heavy (non-hydrogen) atoms. The van der Waals surface area contributed by atoms with E-state index in [1.54, 1.807) is 12.8 Å². The van der Waals surface area contributed by atoms with E-state index in [2.05, 4.69) is 19.2 Å². The number of hydrogen-bond acceptors (Lipinski definition) is 1. The van der Waals surface area contributed by atoms with Gasteiger partial charge in [0.1, 0.15) is 0 Å². The predicted molar refractivity (Wildman–Crippen MR) is 59.2 cm³/mol. The van der Waals surface area contributed by atoms with Crippen molar-refractivity contribution in [3.05, 3.63) is 0 Å². The summed E-state index contributed by atoms with van der Waals surface area (Å²) in [4.78, 5) is 0. The Kier molecular flexibility index (Phi) is 1.10. The first-order valence-electron chi connectivity index (χ1n) is 7.02. The van der Waals surface area contributed by atoms with Crippen LogP contribution in [0.2, 0.25) is 0 Å². The summed E-state index contributed by atoms with van der Waals surface area (Å²) in [6, 6.07) is 0.907. The van der Waals surface area contributed by atoms with Crippen molar-refractivity contribution in [3.8, 4) is 0 Å². The summed E-state index contributed by atoms with van der Waals surface area (Å²) in [5, 5.41) is 3.86. The minimum Gasteiger partial charge on any atom is -0.313 e. The Labute approximate surface area is 92.0 Å². The average Bonchev–Trinajstić information content (AvgIpc) is 2.85. The van der Waals surface area contributed by atoms with Gasteiger partial charge in [-0.2, -0.15) is 0 Å². The number of rotatable bonds is 2. The Hall–Kier alpha value is -0.0400. The summed E-state index contributed by atoms with van der Waals surface area (Å²) in [6.07, 6.45) is 3.24. The molecular weight excluding hydrogens is 182 g/mol. The van der Waals surface area contributed by atoms with Crippen LogP contribution < -0.4 is 5.32 Å². The molecule has 0 aromatic heterocycles. The van der Waals surface area contributed by atoms with Crippen LogP contribution in [0.1, 0.15) is 26.7 Å². The molecule has 0 radical (unpaired) electrons. The molecular formula is C14H21N. The van der Waals surface area contributed by atoms with Gasteiger partial charge in [0.2, 0.25) is 0 Å². The van der Waals surface area contributed by atoms with Gasteiger partial charge in [0, 0.05) is 6.04 Å². The van der Waals surface area contributed by atoms with Crippen LogP contribution in [0, 0.1) is 46.8 Å². The standard InChI is InChI=1S/C14H21N/c1-3-15-13-11-8-4-6-7-5-9(10(6)11)14(13,2)12(7)8/h6-13,15H,3-5H2,1-2H3/t6?,7?,8-,9?,10?,11-,12-,13+,14?/m1/s1. The molecule has 6 aliphatic carbocycles. The van der Waals surface area contributed by atoms with E-state index in [0.29, 0.717) is 0 Å². The highest BCUT2D eigenvalue weighted by molar-refractivity contribution is 5.33. The molecule has 0 saturated heterocycles. The van der Waals surface area contributed by atoms with Crippen molar-refractivity contribution in [3.63, 3.8) is 0 Å². The van der Waals surface area contributed by atoms with E-state index in [0.717, 1.165) is 35.1 Å². The summed E-state index contributed by atoms with van der Waals surface area (Å²) in [5.74, 6) is 8.06. The molecule has 0 aliphatic heterocycles. The van der Waals surface area contributed by atoms with E-state index in [4.69, 9.17) is 0 Å². The van der Waals surface area contributed by atoms with Crippen LogP contribution in [0.5, 0.6) is 0 Å². The first-order valence-corrected chi connectivity index (χ1v) is 7.02. The number of hydrogen-bond donors (Lipinski definition) is 1. The molecule has 9 atom stereocenters. The topological polar surface area (TPSA) is 12.0 Å². The molecule has 6 saturated carbocycles. The Morgan fingerprint density at radius 3 is 2.73 bits per heavy atom. The zero-order chi connectivity index (χ0) is 9.95. The van der Waals surface area contributed by atoms with Gasteiger partial charge in [-0.25, -0.2) is 0 Å². The zero-order valence-corrected chi connectivity index (χ0v) is 9.74. The first-order chi connectivity index (χ1) is 7.28. The van der Waals surface area contributed by atoms with Crippen molar-refractivity contribution >= 4 is 0 Å². The fraction of sp³-hybridized carbons (Fsp3) is 1.00. The molecule has 6 rings (SSSR count). The monoisotopic (exact) mass is 203 g/mol. The van der Waals surface area contributed by atoms with Gasteiger partial charge >= 0.3 is 0 Å². The zero-order valence-electron chi connectivity index (χ0n) is 9.74. The van der Waals surface area contributed by atoms with Crippen molar-refractivity contribution in [2.24, 2.45) is 46.8 Å². The normalized spacial score (nSPS) is 75.6. The minimum atomic E-state index is 0.730. The Balaban J connectivity index is 1.72. The van der Waals surface area contributed by atoms with Gasteiger partial charge in [-0.3, -0.25) is 0 Å². The summed E-state index contributed by atoms with van der Waals surface area (Å²) in [5.41, 5.74) is 0.730. The van der Waals surface area contributed by atoms with Crippen LogP contribution in [-0.4, -0.2) is 12.6 Å². The Morgan fingerprint density at radius 2 is 2.00 bits per heavy atom. The summed E-state index contributed by atoms with van der Waals surface area (Å²) in [6.45, 7) is 6.12. The minimum absolute atomic E-state index is 0.730. The third kappa shape index (κ3) is 0.537. The highest BCUT2D eigenvalue weighted by atomic mass is 15.0. The van der Waals surface area contributed by atoms with Crippen molar-refractivity contribution in [2.45, 2.75) is 32.7 Å². The fourth-order valence-electron chi connectivity index (χ4n) is 7.70. The van der Waals surface area contributed by atoms with E-state index in [1.807, 2.05) is 0 Å². The predicted octanol–water partition coefficient (Wildman–Crippen LogP) is 2.13. The van der Waals surface area contributed by atoms with Crippen molar-refractivity contribution in [1.29, 1.82) is 0 Å². The molecule has 6 fully saturated rings. The van der Waals surface area contributed by atoms with Crippen LogP contribution in [-0.2, 0) is 0 Å². The summed E-state index contributed by atoms with van der Waals surface area (Å²) < 4.78 is 0. The lowest BCUT2D eigenvalue weighted by Crippen LogP contribution is -2.42. The first kappa shape index (κ1) is 8.11. The van der Waals surface area contributed by atoms with Gasteiger partial charge in [0.25, 0.3) is 0 Å². The van der Waals surface area contributed by atoms with E-state index in [-0.39, 0.29) is 0 Å². The molecule has 1 N–H and O–H groups in total. The number of nitrogens with one attached hydrogen (secondary N) is 1. The maximum Gasteiger partial charge on any atom is 0.0160 e. The molecule has 0 aromatic carbocycles. The van der Waals surface area contributed by atoms with E-state index < -0.39 is 0 Å². The third-order valence-corrected chi connectivity index (χ3v) is 7.44. The van der Waals surface area contributed by atoms with Gasteiger partial charge in [-0.15, -0.1) is 0 Å². The quantitative estimate of drug-likeness (QED) is 0.725. The molecule has 0 spiro atoms. The maximum atomic E-state index is 3.86. The van der Waals surface area contributed by atoms with Crippen molar-refractivity contribution < 1.29 is 0 Å². The molecule has 5 unspecified atom stereocenters. The van der Waals surface area contributed by atoms with Crippen LogP contribution in [0.25, 0.3) is 0 Å². The van der Waals surface area contributed by atoms with E-state index in [9.17, 15) is 0 Å². The van der Waals surface area contributed by atoms with Gasteiger partial charge in [0.05, 0.1) is 0 Å². The highest BCUT2D eigenvalue weighted by Gasteiger charge is 2.84. The van der Waals surface area contributed by atoms with Crippen LogP contribution >= 0.6 is 0 Å². The van der Waals surface area contributed by atoms with Gasteiger partial charge < -0.3 is 5.32 Å². The van der Waals surface area contributed by atoms with Crippen LogP contribution in [0.4, 0.5) is 0 Å². The van der Waals surface area contributed by atoms with Crippen LogP contribution in [0.15, 0.2) is 0 Å². The lowest BCUT2D eigenvalue weighted by molar-refractivity contribution is 0.0654. The van der Waals surface area contributed by atoms with Gasteiger partial charge in [-0.1, -0.05) is 13.8 Å². The van der Waals surface area contributed by atoms with Crippen LogP contribution in [0.3, 0.4) is 0 Å². The molecule has 1 heteroatoms. The maximum absolute atomic E-state index is 3.86. The summed E-state index contributed by atoms with van der Waals surface area (Å²) >= 11 is 0. The average molecular weight is 203 g/mol. The Morgan fingerprint density at radius 1 is 1.13 bits per heavy atom. The smallest absolute Gasteiger partial charge is 0.0160 e. The highest BCUT2D eigenvalue weighted by Crippen LogP contribution is 2.86. The molecule has 82 valence electrons. The molecule has 1 nitrogen and oxygen atoms in total.